The molecule has 0 aliphatic carbocycles. The van der Waals surface area contributed by atoms with Crippen LogP contribution in [0.2, 0.25) is 0 Å². The van der Waals surface area contributed by atoms with E-state index < -0.39 is 13.5 Å². The third kappa shape index (κ3) is 6.96. The fraction of sp³-hybridized carbons (Fsp3) is 0.0172. The van der Waals surface area contributed by atoms with Crippen LogP contribution in [0.5, 0.6) is 0 Å². The third-order valence-electron chi connectivity index (χ3n) is 12.0. The van der Waals surface area contributed by atoms with Crippen molar-refractivity contribution in [2.45, 2.75) is 5.41 Å². The molecule has 0 unspecified atom stereocenters. The first kappa shape index (κ1) is 38.4. The molecule has 0 bridgehead atoms. The molecule has 0 amide bonds. The summed E-state index contributed by atoms with van der Waals surface area (Å²) in [6.07, 6.45) is 0. The number of benzene rings is 9. The van der Waals surface area contributed by atoms with Gasteiger partial charge < -0.3 is 0 Å². The van der Waals surface area contributed by atoms with E-state index in [0.29, 0.717) is 17.5 Å². The van der Waals surface area contributed by atoms with Gasteiger partial charge in [-0.3, -0.25) is 0 Å². The number of nitrogens with zero attached hydrogens (tertiary/aromatic N) is 3. The molecule has 0 saturated carbocycles. The van der Waals surface area contributed by atoms with E-state index in [2.05, 4.69) is 243 Å². The summed E-state index contributed by atoms with van der Waals surface area (Å²) in [5, 5.41) is 5.19. The molecule has 0 N–H and O–H groups in total. The molecule has 0 spiro atoms. The topological polar surface area (TPSA) is 38.7 Å². The monoisotopic (exact) mass is 809 g/mol. The van der Waals surface area contributed by atoms with E-state index in [1.54, 1.807) is 0 Å². The van der Waals surface area contributed by atoms with Crippen molar-refractivity contribution in [1.82, 2.24) is 15.0 Å². The van der Waals surface area contributed by atoms with Crippen molar-refractivity contribution in [2.75, 3.05) is 0 Å². The summed E-state index contributed by atoms with van der Waals surface area (Å²) in [6, 6.07) is 93.4. The van der Waals surface area contributed by atoms with Crippen molar-refractivity contribution >= 4 is 28.8 Å². The van der Waals surface area contributed by atoms with Crippen molar-refractivity contribution in [1.29, 1.82) is 0 Å². The van der Waals surface area contributed by atoms with Gasteiger partial charge in [0, 0.05) is 16.7 Å². The standard InChI is InChI=1S/C58H43N3Si/c1-8-24-44(25-9-1)55-59-56(45-26-22-34-50(42-45)58(47-28-10-2-11-29-47,48-30-12-3-13-31-48)49-32-14-4-15-33-49)61-57(60-55)46-27-23-41-54(43-46)62(51-35-16-5-17-36-51,52-37-18-6-19-38-52)53-39-20-7-21-40-53/h1-43H. The van der Waals surface area contributed by atoms with Gasteiger partial charge in [-0.1, -0.05) is 255 Å². The van der Waals surface area contributed by atoms with Crippen LogP contribution in [0, 0.1) is 0 Å². The normalized spacial score (nSPS) is 11.5. The van der Waals surface area contributed by atoms with Crippen LogP contribution in [0.4, 0.5) is 0 Å². The average Bonchev–Trinajstić information content (AvgIpc) is 3.37. The first-order valence-corrected chi connectivity index (χ1v) is 23.1. The zero-order valence-electron chi connectivity index (χ0n) is 34.2. The van der Waals surface area contributed by atoms with Gasteiger partial charge in [0.25, 0.3) is 0 Å². The fourth-order valence-electron chi connectivity index (χ4n) is 9.26. The molecule has 4 heteroatoms. The van der Waals surface area contributed by atoms with Crippen molar-refractivity contribution in [3.05, 3.63) is 283 Å². The highest BCUT2D eigenvalue weighted by Crippen LogP contribution is 2.45. The zero-order valence-corrected chi connectivity index (χ0v) is 35.2. The van der Waals surface area contributed by atoms with Gasteiger partial charge in [-0.05, 0) is 49.1 Å². The highest BCUT2D eigenvalue weighted by molar-refractivity contribution is 7.19. The van der Waals surface area contributed by atoms with Crippen LogP contribution in [0.1, 0.15) is 22.3 Å². The van der Waals surface area contributed by atoms with Crippen LogP contribution in [0.15, 0.2) is 261 Å². The van der Waals surface area contributed by atoms with E-state index >= 15 is 0 Å². The molecule has 0 fully saturated rings. The van der Waals surface area contributed by atoms with Crippen LogP contribution in [-0.4, -0.2) is 23.0 Å². The molecule has 0 aliphatic heterocycles. The Labute approximate surface area is 364 Å². The van der Waals surface area contributed by atoms with Crippen molar-refractivity contribution in [2.24, 2.45) is 0 Å². The van der Waals surface area contributed by atoms with Gasteiger partial charge in [-0.25, -0.2) is 15.0 Å². The average molecular weight is 810 g/mol. The Hall–Kier alpha value is -7.79. The Morgan fingerprint density at radius 2 is 0.532 bits per heavy atom. The van der Waals surface area contributed by atoms with Crippen LogP contribution in [0.25, 0.3) is 34.2 Å². The Morgan fingerprint density at radius 3 is 0.952 bits per heavy atom. The van der Waals surface area contributed by atoms with Crippen LogP contribution in [-0.2, 0) is 5.41 Å². The summed E-state index contributed by atoms with van der Waals surface area (Å²) in [5.41, 5.74) is 6.81. The van der Waals surface area contributed by atoms with E-state index in [9.17, 15) is 0 Å². The van der Waals surface area contributed by atoms with Gasteiger partial charge in [-0.2, -0.15) is 0 Å². The lowest BCUT2D eigenvalue weighted by molar-refractivity contribution is 0.745. The minimum atomic E-state index is -2.82. The Balaban J connectivity index is 1.20. The molecule has 1 aromatic heterocycles. The third-order valence-corrected chi connectivity index (χ3v) is 16.8. The van der Waals surface area contributed by atoms with Crippen molar-refractivity contribution < 1.29 is 0 Å². The maximum Gasteiger partial charge on any atom is 0.179 e. The predicted molar refractivity (Wildman–Crippen MR) is 258 cm³/mol. The van der Waals surface area contributed by atoms with Gasteiger partial charge >= 0.3 is 0 Å². The smallest absolute Gasteiger partial charge is 0.179 e. The Bertz CT molecular complexity index is 2660. The van der Waals surface area contributed by atoms with Crippen molar-refractivity contribution in [3.8, 4) is 34.2 Å². The quantitative estimate of drug-likeness (QED) is 0.0965. The maximum absolute atomic E-state index is 5.38. The second-order valence-corrected chi connectivity index (χ2v) is 19.3. The molecular weight excluding hydrogens is 767 g/mol. The maximum atomic E-state index is 5.38. The minimum Gasteiger partial charge on any atom is -0.208 e. The lowest BCUT2D eigenvalue weighted by atomic mass is 9.65. The van der Waals surface area contributed by atoms with Gasteiger partial charge in [0.15, 0.2) is 25.5 Å². The summed E-state index contributed by atoms with van der Waals surface area (Å²) >= 11 is 0. The molecule has 0 radical (unpaired) electrons. The van der Waals surface area contributed by atoms with E-state index in [0.717, 1.165) is 22.3 Å². The fourth-order valence-corrected chi connectivity index (χ4v) is 14.1. The first-order chi connectivity index (χ1) is 30.7. The SMILES string of the molecule is c1ccc(-c2nc(-c3cccc(C(c4ccccc4)(c4ccccc4)c4ccccc4)c3)nc(-c3cccc([Si](c4ccccc4)(c4ccccc4)c4ccccc4)c3)n2)cc1. The largest absolute Gasteiger partial charge is 0.208 e. The molecular formula is C58H43N3Si. The summed E-state index contributed by atoms with van der Waals surface area (Å²) in [5.74, 6) is 1.86. The molecule has 0 atom stereocenters. The molecule has 10 rings (SSSR count). The molecule has 3 nitrogen and oxygen atoms in total. The summed E-state index contributed by atoms with van der Waals surface area (Å²) in [6.45, 7) is 0. The molecule has 9 aromatic carbocycles. The summed E-state index contributed by atoms with van der Waals surface area (Å²) in [7, 11) is -2.82. The van der Waals surface area contributed by atoms with Gasteiger partial charge in [0.2, 0.25) is 0 Å². The lowest BCUT2D eigenvalue weighted by Gasteiger charge is -2.37. The van der Waals surface area contributed by atoms with Crippen LogP contribution in [0.3, 0.4) is 0 Å². The van der Waals surface area contributed by atoms with E-state index in [4.69, 9.17) is 15.0 Å². The van der Waals surface area contributed by atoms with E-state index in [-0.39, 0.29) is 0 Å². The number of aromatic nitrogens is 3. The molecule has 62 heavy (non-hydrogen) atoms. The van der Waals surface area contributed by atoms with Crippen molar-refractivity contribution in [3.63, 3.8) is 0 Å². The summed E-state index contributed by atoms with van der Waals surface area (Å²) in [4.78, 5) is 15.9. The number of hydrogen-bond donors (Lipinski definition) is 0. The predicted octanol–water partition coefficient (Wildman–Crippen LogP) is 10.6. The number of rotatable bonds is 11. The van der Waals surface area contributed by atoms with Crippen LogP contribution < -0.4 is 20.7 Å². The van der Waals surface area contributed by atoms with Gasteiger partial charge in [0.1, 0.15) is 0 Å². The second-order valence-electron chi connectivity index (χ2n) is 15.5. The minimum absolute atomic E-state index is 0.613. The Morgan fingerprint density at radius 1 is 0.242 bits per heavy atom. The highest BCUT2D eigenvalue weighted by Gasteiger charge is 2.42. The van der Waals surface area contributed by atoms with E-state index in [1.165, 1.54) is 37.4 Å². The zero-order chi connectivity index (χ0) is 41.6. The van der Waals surface area contributed by atoms with Gasteiger partial charge in [-0.15, -0.1) is 0 Å². The molecule has 0 saturated heterocycles. The van der Waals surface area contributed by atoms with E-state index in [1.807, 2.05) is 18.2 Å². The molecule has 10 aromatic rings. The first-order valence-electron chi connectivity index (χ1n) is 21.1. The number of hydrogen-bond acceptors (Lipinski definition) is 3. The highest BCUT2D eigenvalue weighted by atomic mass is 28.3. The lowest BCUT2D eigenvalue weighted by Crippen LogP contribution is -2.74. The molecule has 294 valence electrons. The van der Waals surface area contributed by atoms with Crippen LogP contribution >= 0.6 is 0 Å². The molecule has 1 heterocycles. The summed E-state index contributed by atoms with van der Waals surface area (Å²) < 4.78 is 0. The molecule has 0 aliphatic rings. The van der Waals surface area contributed by atoms with Gasteiger partial charge in [0.05, 0.1) is 5.41 Å². The Kier molecular flexibility index (Phi) is 10.6. The second kappa shape index (κ2) is 17.1.